The molecule has 0 radical (unpaired) electrons. The smallest absolute Gasteiger partial charge is 0.408 e. The number of hydrogen-bond acceptors (Lipinski definition) is 12. The molecule has 40 heavy (non-hydrogen) atoms. The van der Waals surface area contributed by atoms with Crippen LogP contribution in [0.25, 0.3) is 0 Å². The van der Waals surface area contributed by atoms with Crippen LogP contribution >= 0.6 is 0 Å². The Morgan fingerprint density at radius 2 is 1.25 bits per heavy atom. The van der Waals surface area contributed by atoms with Crippen molar-refractivity contribution in [3.63, 3.8) is 0 Å². The van der Waals surface area contributed by atoms with Gasteiger partial charge in [0.1, 0.15) is 24.9 Å². The lowest BCUT2D eigenvalue weighted by atomic mass is 10.0. The van der Waals surface area contributed by atoms with E-state index in [0.717, 1.165) is 0 Å². The average molecular weight is 576 g/mol. The first kappa shape index (κ1) is 35.1. The normalized spacial score (nSPS) is 16.5. The van der Waals surface area contributed by atoms with Crippen molar-refractivity contribution >= 4 is 17.9 Å². The van der Waals surface area contributed by atoms with Crippen LogP contribution in [0.1, 0.15) is 31.2 Å². The minimum absolute atomic E-state index is 0.0997. The highest BCUT2D eigenvalue weighted by atomic mass is 16.5. The van der Waals surface area contributed by atoms with Crippen molar-refractivity contribution in [3.8, 4) is 0 Å². The molecular weight excluding hydrogens is 534 g/mol. The minimum atomic E-state index is -1.67. The van der Waals surface area contributed by atoms with Crippen molar-refractivity contribution in [2.24, 2.45) is 0 Å². The SMILES string of the molecule is O=C(CCC(NC(=O)OCc1ccccc1)C(=O)NC[C@H](O)[C@@H](O)[C@H](O)CCO)NC[C@H](O)[C@@H](O)[C@H](O)CCO. The van der Waals surface area contributed by atoms with Crippen LogP contribution in [0.3, 0.4) is 0 Å². The maximum atomic E-state index is 12.8. The van der Waals surface area contributed by atoms with E-state index < -0.39 is 86.9 Å². The Morgan fingerprint density at radius 3 is 1.77 bits per heavy atom. The summed E-state index contributed by atoms with van der Waals surface area (Å²) in [5, 5.41) is 83.6. The predicted molar refractivity (Wildman–Crippen MR) is 138 cm³/mol. The molecule has 0 aliphatic carbocycles. The van der Waals surface area contributed by atoms with Gasteiger partial charge in [-0.2, -0.15) is 0 Å². The lowest BCUT2D eigenvalue weighted by molar-refractivity contribution is -0.125. The number of carbonyl (C=O) groups is 3. The number of ether oxygens (including phenoxy) is 1. The molecule has 0 bridgehead atoms. The summed E-state index contributed by atoms with van der Waals surface area (Å²) in [6, 6.07) is 7.36. The summed E-state index contributed by atoms with van der Waals surface area (Å²) in [7, 11) is 0. The van der Waals surface area contributed by atoms with Gasteiger partial charge in [0.2, 0.25) is 11.8 Å². The lowest BCUT2D eigenvalue weighted by Gasteiger charge is -2.24. The van der Waals surface area contributed by atoms with E-state index in [1.807, 2.05) is 0 Å². The molecule has 11 N–H and O–H groups in total. The fourth-order valence-corrected chi connectivity index (χ4v) is 3.45. The number of nitrogens with one attached hydrogen (secondary N) is 3. The summed E-state index contributed by atoms with van der Waals surface area (Å²) in [4.78, 5) is 37.4. The van der Waals surface area contributed by atoms with Crippen LogP contribution in [0.15, 0.2) is 30.3 Å². The third-order valence-corrected chi connectivity index (χ3v) is 5.90. The van der Waals surface area contributed by atoms with E-state index in [0.29, 0.717) is 5.56 Å². The average Bonchev–Trinajstić information content (AvgIpc) is 2.95. The monoisotopic (exact) mass is 575 g/mol. The van der Waals surface area contributed by atoms with E-state index in [9.17, 15) is 45.0 Å². The van der Waals surface area contributed by atoms with E-state index >= 15 is 0 Å². The summed E-state index contributed by atoms with van der Waals surface area (Å²) < 4.78 is 5.11. The first-order chi connectivity index (χ1) is 19.0. The highest BCUT2D eigenvalue weighted by Gasteiger charge is 2.28. The quantitative estimate of drug-likeness (QED) is 0.0760. The number of aliphatic hydroxyl groups is 8. The third kappa shape index (κ3) is 13.5. The van der Waals surface area contributed by atoms with Crippen molar-refractivity contribution < 1.29 is 60.0 Å². The summed E-state index contributed by atoms with van der Waals surface area (Å²) in [5.74, 6) is -1.50. The van der Waals surface area contributed by atoms with Crippen LogP contribution in [0.4, 0.5) is 4.79 Å². The molecule has 15 nitrogen and oxygen atoms in total. The van der Waals surface area contributed by atoms with Crippen molar-refractivity contribution in [2.45, 2.75) is 75.0 Å². The molecule has 0 fully saturated rings. The predicted octanol–water partition coefficient (Wildman–Crippen LogP) is -3.78. The molecule has 1 aromatic carbocycles. The molecule has 0 saturated heterocycles. The van der Waals surface area contributed by atoms with Crippen LogP contribution in [0, 0.1) is 0 Å². The number of hydrogen-bond donors (Lipinski definition) is 11. The molecule has 0 saturated carbocycles. The molecule has 0 spiro atoms. The molecule has 1 unspecified atom stereocenters. The molecule has 228 valence electrons. The Kier molecular flexibility index (Phi) is 16.9. The van der Waals surface area contributed by atoms with E-state index in [4.69, 9.17) is 14.9 Å². The van der Waals surface area contributed by atoms with Gasteiger partial charge in [-0.25, -0.2) is 4.79 Å². The molecule has 3 amide bonds. The zero-order valence-electron chi connectivity index (χ0n) is 22.0. The Morgan fingerprint density at radius 1 is 0.725 bits per heavy atom. The zero-order valence-corrected chi connectivity index (χ0v) is 22.0. The second-order valence-corrected chi connectivity index (χ2v) is 9.12. The molecule has 0 aromatic heterocycles. The van der Waals surface area contributed by atoms with Crippen molar-refractivity contribution in [1.82, 2.24) is 16.0 Å². The van der Waals surface area contributed by atoms with Crippen molar-refractivity contribution in [2.75, 3.05) is 26.3 Å². The zero-order chi connectivity index (χ0) is 30.1. The number of rotatable bonds is 19. The molecule has 0 aliphatic rings. The third-order valence-electron chi connectivity index (χ3n) is 5.90. The Balaban J connectivity index is 2.71. The van der Waals surface area contributed by atoms with Crippen LogP contribution in [0.2, 0.25) is 0 Å². The van der Waals surface area contributed by atoms with Gasteiger partial charge < -0.3 is 61.5 Å². The van der Waals surface area contributed by atoms with Gasteiger partial charge in [-0.1, -0.05) is 30.3 Å². The number of amides is 3. The number of benzene rings is 1. The Bertz CT molecular complexity index is 878. The highest BCUT2D eigenvalue weighted by molar-refractivity contribution is 5.86. The topological polar surface area (TPSA) is 258 Å². The fourth-order valence-electron chi connectivity index (χ4n) is 3.45. The molecular formula is C25H41N3O12. The van der Waals surface area contributed by atoms with E-state index in [2.05, 4.69) is 16.0 Å². The molecule has 7 atom stereocenters. The fraction of sp³-hybridized carbons (Fsp3) is 0.640. The second kappa shape index (κ2) is 19.2. The van der Waals surface area contributed by atoms with Crippen LogP contribution in [0.5, 0.6) is 0 Å². The number of aliphatic hydroxyl groups excluding tert-OH is 8. The van der Waals surface area contributed by atoms with Crippen LogP contribution < -0.4 is 16.0 Å². The standard InChI is InChI=1S/C25H41N3O12/c29-10-8-17(31)22(36)19(33)12-26-21(35)7-6-16(28-25(39)40-14-15-4-2-1-3-5-15)24(38)27-13-20(34)23(37)18(32)9-11-30/h1-5,16-20,22-23,29-34,36-37H,6-14H2,(H,26,35)(H,27,38)(H,28,39)/t16?,17-,18-,19+,20+,22+,23+/m1/s1. The van der Waals surface area contributed by atoms with Crippen LogP contribution in [-0.2, 0) is 20.9 Å². The first-order valence-electron chi connectivity index (χ1n) is 12.8. The molecule has 1 rings (SSSR count). The van der Waals surface area contributed by atoms with Crippen molar-refractivity contribution in [1.29, 1.82) is 0 Å². The summed E-state index contributed by atoms with van der Waals surface area (Å²) in [6.07, 6.45) is -11.2. The van der Waals surface area contributed by atoms with Gasteiger partial charge in [0.05, 0.1) is 24.4 Å². The van der Waals surface area contributed by atoms with E-state index in [1.165, 1.54) is 0 Å². The van der Waals surface area contributed by atoms with Gasteiger partial charge in [0.25, 0.3) is 0 Å². The maximum absolute atomic E-state index is 12.8. The number of alkyl carbamates (subject to hydrolysis) is 1. The Hall–Kier alpha value is -2.89. The van der Waals surface area contributed by atoms with Crippen molar-refractivity contribution in [3.05, 3.63) is 35.9 Å². The van der Waals surface area contributed by atoms with E-state index in [1.54, 1.807) is 30.3 Å². The lowest BCUT2D eigenvalue weighted by Crippen LogP contribution is -2.51. The van der Waals surface area contributed by atoms with Gasteiger partial charge in [0.15, 0.2) is 0 Å². The molecule has 0 heterocycles. The minimum Gasteiger partial charge on any atom is -0.445 e. The molecule has 0 aliphatic heterocycles. The highest BCUT2D eigenvalue weighted by Crippen LogP contribution is 2.07. The van der Waals surface area contributed by atoms with Gasteiger partial charge >= 0.3 is 6.09 Å². The van der Waals surface area contributed by atoms with Gasteiger partial charge in [-0.3, -0.25) is 9.59 Å². The molecule has 15 heteroatoms. The summed E-state index contributed by atoms with van der Waals surface area (Å²) in [6.45, 7) is -1.91. The maximum Gasteiger partial charge on any atom is 0.408 e. The summed E-state index contributed by atoms with van der Waals surface area (Å²) in [5.41, 5.74) is 0.682. The van der Waals surface area contributed by atoms with Crippen LogP contribution in [-0.4, -0.2) is 128 Å². The number of carbonyl (C=O) groups excluding carboxylic acids is 3. The van der Waals surface area contributed by atoms with Gasteiger partial charge in [0, 0.05) is 32.7 Å². The molecule has 1 aromatic rings. The van der Waals surface area contributed by atoms with E-state index in [-0.39, 0.29) is 32.3 Å². The van der Waals surface area contributed by atoms with Gasteiger partial charge in [-0.05, 0) is 24.8 Å². The second-order valence-electron chi connectivity index (χ2n) is 9.12. The summed E-state index contributed by atoms with van der Waals surface area (Å²) >= 11 is 0. The first-order valence-corrected chi connectivity index (χ1v) is 12.8. The largest absolute Gasteiger partial charge is 0.445 e. The Labute approximate surface area is 231 Å². The van der Waals surface area contributed by atoms with Gasteiger partial charge in [-0.15, -0.1) is 0 Å².